The van der Waals surface area contributed by atoms with Crippen LogP contribution in [0.4, 0.5) is 0 Å². The highest BCUT2D eigenvalue weighted by Crippen LogP contribution is 2.13. The van der Waals surface area contributed by atoms with Crippen LogP contribution < -0.4 is 0 Å². The second-order valence-corrected chi connectivity index (χ2v) is 4.11. The minimum Gasteiger partial charge on any atom is -0.378 e. The summed E-state index contributed by atoms with van der Waals surface area (Å²) in [5, 5.41) is 0.358. The van der Waals surface area contributed by atoms with Crippen LogP contribution in [0.15, 0.2) is 12.1 Å². The Balaban J connectivity index is 2.19. The molecule has 2 heterocycles. The molecule has 86 valence electrons. The molecule has 0 spiro atoms. The van der Waals surface area contributed by atoms with E-state index in [1.54, 1.807) is 17.0 Å². The van der Waals surface area contributed by atoms with Gasteiger partial charge in [-0.3, -0.25) is 4.79 Å². The number of halogens is 1. The molecule has 1 amide bonds. The smallest absolute Gasteiger partial charge is 0.254 e. The molecule has 0 N–H and O–H groups in total. The quantitative estimate of drug-likeness (QED) is 0.699. The first-order valence-corrected chi connectivity index (χ1v) is 5.56. The highest BCUT2D eigenvalue weighted by molar-refractivity contribution is 6.29. The predicted molar refractivity (Wildman–Crippen MR) is 60.7 cm³/mol. The second kappa shape index (κ2) is 4.80. The maximum Gasteiger partial charge on any atom is 0.254 e. The highest BCUT2D eigenvalue weighted by Gasteiger charge is 2.19. The van der Waals surface area contributed by atoms with Crippen LogP contribution in [-0.2, 0) is 4.74 Å². The molecule has 4 nitrogen and oxygen atoms in total. The molecular weight excluding hydrogens is 228 g/mol. The van der Waals surface area contributed by atoms with E-state index in [2.05, 4.69) is 4.98 Å². The molecule has 5 heteroatoms. The number of hydrogen-bond donors (Lipinski definition) is 0. The van der Waals surface area contributed by atoms with Gasteiger partial charge in [0.05, 0.1) is 13.2 Å². The molecular formula is C11H13ClN2O2. The van der Waals surface area contributed by atoms with Gasteiger partial charge in [0, 0.05) is 24.3 Å². The van der Waals surface area contributed by atoms with Crippen LogP contribution in [-0.4, -0.2) is 42.1 Å². The molecule has 1 aromatic heterocycles. The Hall–Kier alpha value is -1.13. The van der Waals surface area contributed by atoms with E-state index < -0.39 is 0 Å². The van der Waals surface area contributed by atoms with Crippen LogP contribution >= 0.6 is 11.6 Å². The van der Waals surface area contributed by atoms with E-state index in [0.29, 0.717) is 37.0 Å². The minimum atomic E-state index is -0.00398. The molecule has 0 unspecified atom stereocenters. The largest absolute Gasteiger partial charge is 0.378 e. The number of rotatable bonds is 1. The summed E-state index contributed by atoms with van der Waals surface area (Å²) in [5.41, 5.74) is 1.35. The Morgan fingerprint density at radius 3 is 2.75 bits per heavy atom. The molecule has 16 heavy (non-hydrogen) atoms. The summed E-state index contributed by atoms with van der Waals surface area (Å²) in [5.74, 6) is -0.00398. The summed E-state index contributed by atoms with van der Waals surface area (Å²) < 4.78 is 5.20. The van der Waals surface area contributed by atoms with E-state index in [0.717, 1.165) is 5.69 Å². The van der Waals surface area contributed by atoms with Gasteiger partial charge in [-0.2, -0.15) is 0 Å². The van der Waals surface area contributed by atoms with Crippen LogP contribution in [0.2, 0.25) is 5.15 Å². The lowest BCUT2D eigenvalue weighted by Crippen LogP contribution is -2.40. The van der Waals surface area contributed by atoms with Crippen LogP contribution in [0.1, 0.15) is 16.1 Å². The SMILES string of the molecule is Cc1cc(C(=O)N2CCOCC2)cc(Cl)n1. The van der Waals surface area contributed by atoms with Gasteiger partial charge < -0.3 is 9.64 Å². The van der Waals surface area contributed by atoms with E-state index in [9.17, 15) is 4.79 Å². The van der Waals surface area contributed by atoms with E-state index in [1.807, 2.05) is 6.92 Å². The summed E-state index contributed by atoms with van der Waals surface area (Å²) in [6.45, 7) is 4.30. The van der Waals surface area contributed by atoms with Gasteiger partial charge in [0.1, 0.15) is 5.15 Å². The third kappa shape index (κ3) is 2.51. The summed E-state index contributed by atoms with van der Waals surface area (Å²) in [4.78, 5) is 17.9. The molecule has 2 rings (SSSR count). The number of pyridine rings is 1. The van der Waals surface area contributed by atoms with Crippen molar-refractivity contribution in [1.29, 1.82) is 0 Å². The standard InChI is InChI=1S/C11H13ClN2O2/c1-8-6-9(7-10(12)13-8)11(15)14-2-4-16-5-3-14/h6-7H,2-5H2,1H3. The first kappa shape index (κ1) is 11.4. The third-order valence-electron chi connectivity index (χ3n) is 2.47. The Bertz CT molecular complexity index is 383. The van der Waals surface area contributed by atoms with Crippen molar-refractivity contribution in [2.24, 2.45) is 0 Å². The Labute approximate surface area is 99.2 Å². The summed E-state index contributed by atoms with van der Waals surface area (Å²) in [7, 11) is 0. The number of morpholine rings is 1. The number of aromatic nitrogens is 1. The second-order valence-electron chi connectivity index (χ2n) is 3.72. The minimum absolute atomic E-state index is 0.00398. The molecule has 1 fully saturated rings. The summed E-state index contributed by atoms with van der Waals surface area (Å²) in [6, 6.07) is 3.36. The lowest BCUT2D eigenvalue weighted by molar-refractivity contribution is 0.0303. The number of ether oxygens (including phenoxy) is 1. The van der Waals surface area contributed by atoms with Crippen LogP contribution in [0.3, 0.4) is 0 Å². The number of aryl methyl sites for hydroxylation is 1. The molecule has 0 radical (unpaired) electrons. The molecule has 1 aliphatic rings. The Morgan fingerprint density at radius 1 is 1.44 bits per heavy atom. The molecule has 0 aromatic carbocycles. The molecule has 0 bridgehead atoms. The van der Waals surface area contributed by atoms with Crippen LogP contribution in [0, 0.1) is 6.92 Å². The molecule has 1 aromatic rings. The Kier molecular flexibility index (Phi) is 3.41. The van der Waals surface area contributed by atoms with Gasteiger partial charge in [-0.15, -0.1) is 0 Å². The lowest BCUT2D eigenvalue weighted by Gasteiger charge is -2.26. The van der Waals surface area contributed by atoms with Gasteiger partial charge in [0.15, 0.2) is 0 Å². The lowest BCUT2D eigenvalue weighted by atomic mass is 10.2. The van der Waals surface area contributed by atoms with Crippen molar-refractivity contribution in [2.75, 3.05) is 26.3 Å². The number of carbonyl (C=O) groups excluding carboxylic acids is 1. The van der Waals surface area contributed by atoms with Gasteiger partial charge in [-0.25, -0.2) is 4.98 Å². The van der Waals surface area contributed by atoms with Crippen molar-refractivity contribution in [3.8, 4) is 0 Å². The van der Waals surface area contributed by atoms with Crippen molar-refractivity contribution in [3.63, 3.8) is 0 Å². The zero-order valence-electron chi connectivity index (χ0n) is 9.07. The maximum absolute atomic E-state index is 12.1. The van der Waals surface area contributed by atoms with Gasteiger partial charge in [0.2, 0.25) is 0 Å². The Morgan fingerprint density at radius 2 is 2.12 bits per heavy atom. The van der Waals surface area contributed by atoms with E-state index in [-0.39, 0.29) is 5.91 Å². The monoisotopic (exact) mass is 240 g/mol. The molecule has 1 aliphatic heterocycles. The molecule has 0 saturated carbocycles. The van der Waals surface area contributed by atoms with Crippen molar-refractivity contribution in [3.05, 3.63) is 28.5 Å². The first-order valence-electron chi connectivity index (χ1n) is 5.18. The van der Waals surface area contributed by atoms with E-state index in [4.69, 9.17) is 16.3 Å². The van der Waals surface area contributed by atoms with Gasteiger partial charge in [-0.1, -0.05) is 11.6 Å². The van der Waals surface area contributed by atoms with E-state index in [1.165, 1.54) is 0 Å². The highest BCUT2D eigenvalue weighted by atomic mass is 35.5. The zero-order valence-corrected chi connectivity index (χ0v) is 9.83. The normalized spacial score (nSPS) is 16.2. The zero-order chi connectivity index (χ0) is 11.5. The predicted octanol–water partition coefficient (Wildman–Crippen LogP) is 1.52. The summed E-state index contributed by atoms with van der Waals surface area (Å²) in [6.07, 6.45) is 0. The molecule has 0 aliphatic carbocycles. The topological polar surface area (TPSA) is 42.4 Å². The average Bonchev–Trinajstić information content (AvgIpc) is 2.28. The third-order valence-corrected chi connectivity index (χ3v) is 2.66. The van der Waals surface area contributed by atoms with Crippen LogP contribution in [0.25, 0.3) is 0 Å². The molecule has 1 saturated heterocycles. The van der Waals surface area contributed by atoms with Crippen molar-refractivity contribution in [1.82, 2.24) is 9.88 Å². The first-order chi connectivity index (χ1) is 7.66. The van der Waals surface area contributed by atoms with Gasteiger partial charge >= 0.3 is 0 Å². The van der Waals surface area contributed by atoms with Gasteiger partial charge in [0.25, 0.3) is 5.91 Å². The van der Waals surface area contributed by atoms with E-state index >= 15 is 0 Å². The number of carbonyl (C=O) groups is 1. The fourth-order valence-corrected chi connectivity index (χ4v) is 1.95. The number of hydrogen-bond acceptors (Lipinski definition) is 3. The van der Waals surface area contributed by atoms with Crippen molar-refractivity contribution < 1.29 is 9.53 Å². The summed E-state index contributed by atoms with van der Waals surface area (Å²) >= 11 is 5.83. The van der Waals surface area contributed by atoms with Gasteiger partial charge in [-0.05, 0) is 19.1 Å². The average molecular weight is 241 g/mol. The van der Waals surface area contributed by atoms with Crippen molar-refractivity contribution in [2.45, 2.75) is 6.92 Å². The van der Waals surface area contributed by atoms with Crippen molar-refractivity contribution >= 4 is 17.5 Å². The molecule has 0 atom stereocenters. The fourth-order valence-electron chi connectivity index (χ4n) is 1.70. The number of nitrogens with zero attached hydrogens (tertiary/aromatic N) is 2. The number of amides is 1. The van der Waals surface area contributed by atoms with Crippen LogP contribution in [0.5, 0.6) is 0 Å². The fraction of sp³-hybridized carbons (Fsp3) is 0.455. The maximum atomic E-state index is 12.1.